The van der Waals surface area contributed by atoms with E-state index in [1.54, 1.807) is 4.90 Å². The fourth-order valence-electron chi connectivity index (χ4n) is 3.63. The highest BCUT2D eigenvalue weighted by atomic mass is 79.9. The van der Waals surface area contributed by atoms with Crippen molar-refractivity contribution in [3.8, 4) is 0 Å². The van der Waals surface area contributed by atoms with E-state index in [1.165, 1.54) is 31.9 Å². The Kier molecular flexibility index (Phi) is 10.6. The predicted octanol–water partition coefficient (Wildman–Crippen LogP) is 7.44. The molecule has 0 bridgehead atoms. The molecule has 0 aromatic carbocycles. The Morgan fingerprint density at radius 3 is 2.58 bits per heavy atom. The van der Waals surface area contributed by atoms with Gasteiger partial charge in [-0.05, 0) is 79.2 Å². The number of piperidine rings is 1. The second-order valence-electron chi connectivity index (χ2n) is 7.35. The van der Waals surface area contributed by atoms with Crippen LogP contribution >= 0.6 is 39.5 Å². The van der Waals surface area contributed by atoms with Gasteiger partial charge in [0.2, 0.25) is 0 Å². The van der Waals surface area contributed by atoms with Crippen LogP contribution in [0.25, 0.3) is 0 Å². The first kappa shape index (κ1) is 26.4. The smallest absolute Gasteiger partial charge is 0.414 e. The van der Waals surface area contributed by atoms with Gasteiger partial charge in [0.15, 0.2) is 0 Å². The number of alkyl halides is 1. The molecule has 1 amide bonds. The fourth-order valence-corrected chi connectivity index (χ4v) is 5.28. The standard InChI is InChI=1S/C20H24BrClF2N2O2S.C2H6/c1-12(23)17(21)10-19(13(2)24)29-25-7-5-16(6-8-25)26-18-4-3-15(22)9-14(18)11-28-20(26)27;1-2/h3-4,10,13-14,16H,5-9,11H2,1-2H3;1-2H3/b17-12-,19-10+;. The zero-order chi connectivity index (χ0) is 23.1. The van der Waals surface area contributed by atoms with Gasteiger partial charge in [0.05, 0.1) is 0 Å². The maximum atomic E-state index is 14.0. The summed E-state index contributed by atoms with van der Waals surface area (Å²) in [5.41, 5.74) is 0.974. The summed E-state index contributed by atoms with van der Waals surface area (Å²) >= 11 is 10.6. The SMILES string of the molecule is C/C(F)=C(Br)\C=C(\SN1CCC(N2C(=O)OCC3CC(Cl)=CC=C32)CC1)C(C)F.CC. The van der Waals surface area contributed by atoms with Crippen molar-refractivity contribution in [2.75, 3.05) is 19.7 Å². The van der Waals surface area contributed by atoms with E-state index < -0.39 is 12.0 Å². The molecule has 0 aromatic rings. The Labute approximate surface area is 201 Å². The van der Waals surface area contributed by atoms with Gasteiger partial charge in [-0.15, -0.1) is 0 Å². The number of carbonyl (C=O) groups is 1. The van der Waals surface area contributed by atoms with Crippen LogP contribution in [0.1, 0.15) is 47.0 Å². The van der Waals surface area contributed by atoms with E-state index in [0.717, 1.165) is 23.6 Å². The molecule has 9 heteroatoms. The zero-order valence-corrected chi connectivity index (χ0v) is 21.5. The van der Waals surface area contributed by atoms with Crippen LogP contribution in [0.15, 0.2) is 44.2 Å². The average Bonchev–Trinajstić information content (AvgIpc) is 2.75. The lowest BCUT2D eigenvalue weighted by atomic mass is 9.92. The minimum atomic E-state index is -1.20. The summed E-state index contributed by atoms with van der Waals surface area (Å²) in [6.45, 7) is 8.50. The van der Waals surface area contributed by atoms with Gasteiger partial charge in [0, 0.05) is 45.2 Å². The number of allylic oxidation sites excluding steroid dienone is 7. The quantitative estimate of drug-likeness (QED) is 0.268. The van der Waals surface area contributed by atoms with Gasteiger partial charge in [-0.3, -0.25) is 4.90 Å². The van der Waals surface area contributed by atoms with Gasteiger partial charge in [0.1, 0.15) is 18.6 Å². The van der Waals surface area contributed by atoms with Crippen LogP contribution < -0.4 is 0 Å². The number of carbonyl (C=O) groups excluding carboxylic acids is 1. The van der Waals surface area contributed by atoms with Crippen LogP contribution in [0.5, 0.6) is 0 Å². The molecule has 0 radical (unpaired) electrons. The van der Waals surface area contributed by atoms with Crippen LogP contribution in [-0.2, 0) is 4.74 Å². The zero-order valence-electron chi connectivity index (χ0n) is 18.3. The largest absolute Gasteiger partial charge is 0.448 e. The van der Waals surface area contributed by atoms with Gasteiger partial charge in [-0.2, -0.15) is 0 Å². The van der Waals surface area contributed by atoms with Crippen molar-refractivity contribution < 1.29 is 18.3 Å². The lowest BCUT2D eigenvalue weighted by Crippen LogP contribution is -2.50. The van der Waals surface area contributed by atoms with E-state index in [0.29, 0.717) is 31.0 Å². The van der Waals surface area contributed by atoms with Crippen molar-refractivity contribution in [3.05, 3.63) is 44.2 Å². The Hall–Kier alpha value is -0.830. The van der Waals surface area contributed by atoms with Crippen molar-refractivity contribution in [2.45, 2.75) is 59.2 Å². The maximum absolute atomic E-state index is 14.0. The Morgan fingerprint density at radius 2 is 2.00 bits per heavy atom. The molecule has 2 unspecified atom stereocenters. The second-order valence-corrected chi connectivity index (χ2v) is 9.86. The highest BCUT2D eigenvalue weighted by Crippen LogP contribution is 2.38. The maximum Gasteiger partial charge on any atom is 0.414 e. The number of hydrogen-bond donors (Lipinski definition) is 0. The highest BCUT2D eigenvalue weighted by Gasteiger charge is 2.39. The topological polar surface area (TPSA) is 32.8 Å². The lowest BCUT2D eigenvalue weighted by molar-refractivity contribution is 0.0444. The van der Waals surface area contributed by atoms with Crippen LogP contribution in [-0.4, -0.2) is 47.2 Å². The summed E-state index contributed by atoms with van der Waals surface area (Å²) in [6.07, 6.45) is 5.93. The summed E-state index contributed by atoms with van der Waals surface area (Å²) in [4.78, 5) is 14.7. The van der Waals surface area contributed by atoms with Gasteiger partial charge in [-0.25, -0.2) is 17.9 Å². The summed E-state index contributed by atoms with van der Waals surface area (Å²) in [6, 6.07) is 0.0358. The normalized spacial score (nSPS) is 24.8. The van der Waals surface area contributed by atoms with Crippen molar-refractivity contribution in [1.29, 1.82) is 0 Å². The van der Waals surface area contributed by atoms with E-state index >= 15 is 0 Å². The van der Waals surface area contributed by atoms with E-state index in [-0.39, 0.29) is 22.5 Å². The molecule has 0 saturated carbocycles. The van der Waals surface area contributed by atoms with Gasteiger partial charge in [0.25, 0.3) is 0 Å². The average molecular weight is 540 g/mol. The molecule has 2 aliphatic heterocycles. The molecule has 0 aromatic heterocycles. The molecule has 0 spiro atoms. The highest BCUT2D eigenvalue weighted by molar-refractivity contribution is 9.11. The number of amides is 1. The first-order chi connectivity index (χ1) is 14.8. The van der Waals surface area contributed by atoms with Crippen molar-refractivity contribution in [1.82, 2.24) is 9.21 Å². The number of rotatable bonds is 5. The van der Waals surface area contributed by atoms with Gasteiger partial charge < -0.3 is 4.74 Å². The molecule has 3 aliphatic rings. The summed E-state index contributed by atoms with van der Waals surface area (Å²) < 4.78 is 35.0. The molecular formula is C22H30BrClF2N2O2S. The van der Waals surface area contributed by atoms with Crippen LogP contribution in [0.3, 0.4) is 0 Å². The molecule has 2 heterocycles. The van der Waals surface area contributed by atoms with Crippen molar-refractivity contribution >= 4 is 45.6 Å². The third-order valence-corrected chi connectivity index (χ3v) is 7.52. The van der Waals surface area contributed by atoms with E-state index in [4.69, 9.17) is 16.3 Å². The first-order valence-electron chi connectivity index (χ1n) is 10.6. The summed E-state index contributed by atoms with van der Waals surface area (Å²) in [7, 11) is 0. The molecule has 3 rings (SSSR count). The fraction of sp³-hybridized carbons (Fsp3) is 0.591. The minimum absolute atomic E-state index is 0.0358. The lowest BCUT2D eigenvalue weighted by Gasteiger charge is -2.43. The summed E-state index contributed by atoms with van der Waals surface area (Å²) in [5.74, 6) is -0.289. The summed E-state index contributed by atoms with van der Waals surface area (Å²) in [5, 5.41) is 0.770. The Balaban J connectivity index is 0.00000166. The molecule has 2 saturated heterocycles. The molecule has 1 aliphatic carbocycles. The first-order valence-corrected chi connectivity index (χ1v) is 12.5. The number of halogens is 4. The molecule has 4 nitrogen and oxygen atoms in total. The van der Waals surface area contributed by atoms with E-state index in [2.05, 4.69) is 20.2 Å². The Bertz CT molecular complexity index is 773. The Morgan fingerprint density at radius 1 is 1.35 bits per heavy atom. The predicted molar refractivity (Wildman–Crippen MR) is 128 cm³/mol. The number of fused-ring (bicyclic) bond motifs is 1. The van der Waals surface area contributed by atoms with Crippen molar-refractivity contribution in [2.24, 2.45) is 5.92 Å². The third-order valence-electron chi connectivity index (χ3n) is 5.19. The number of cyclic esters (lactones) is 1. The number of nitrogens with zero attached hydrogens (tertiary/aromatic N) is 2. The van der Waals surface area contributed by atoms with E-state index in [1.807, 2.05) is 26.0 Å². The molecule has 174 valence electrons. The molecule has 2 atom stereocenters. The number of hydrogen-bond acceptors (Lipinski definition) is 4. The minimum Gasteiger partial charge on any atom is -0.448 e. The van der Waals surface area contributed by atoms with E-state index in [9.17, 15) is 13.6 Å². The molecular weight excluding hydrogens is 510 g/mol. The van der Waals surface area contributed by atoms with Crippen LogP contribution in [0.4, 0.5) is 13.6 Å². The van der Waals surface area contributed by atoms with Gasteiger partial charge >= 0.3 is 6.09 Å². The van der Waals surface area contributed by atoms with Crippen LogP contribution in [0, 0.1) is 5.92 Å². The second kappa shape index (κ2) is 12.4. The number of ether oxygens (including phenoxy) is 1. The van der Waals surface area contributed by atoms with Crippen LogP contribution in [0.2, 0.25) is 0 Å². The molecule has 0 N–H and O–H groups in total. The molecule has 2 fully saturated rings. The third kappa shape index (κ3) is 7.07. The monoisotopic (exact) mass is 538 g/mol. The van der Waals surface area contributed by atoms with Crippen molar-refractivity contribution in [3.63, 3.8) is 0 Å². The molecule has 31 heavy (non-hydrogen) atoms. The van der Waals surface area contributed by atoms with Gasteiger partial charge in [-0.1, -0.05) is 25.4 Å².